The molecule has 166 valence electrons. The molecule has 2 aromatic heterocycles. The van der Waals surface area contributed by atoms with Gasteiger partial charge in [0.2, 0.25) is 11.8 Å². The van der Waals surface area contributed by atoms with Crippen molar-refractivity contribution in [1.82, 2.24) is 25.2 Å². The van der Waals surface area contributed by atoms with E-state index in [0.29, 0.717) is 67.3 Å². The summed E-state index contributed by atoms with van der Waals surface area (Å²) in [6, 6.07) is 0. The van der Waals surface area contributed by atoms with Gasteiger partial charge in [0, 0.05) is 38.7 Å². The fraction of sp³-hybridized carbons (Fsp3) is 0.545. The van der Waals surface area contributed by atoms with Crippen molar-refractivity contribution in [3.8, 4) is 5.88 Å². The first kappa shape index (κ1) is 21.3. The van der Waals surface area contributed by atoms with Gasteiger partial charge in [-0.05, 0) is 31.3 Å². The number of hydrogen-bond acceptors (Lipinski definition) is 6. The lowest BCUT2D eigenvalue weighted by molar-refractivity contribution is -0.127. The molecule has 0 bridgehead atoms. The molecule has 4 rings (SSSR count). The molecule has 1 aliphatic heterocycles. The highest BCUT2D eigenvalue weighted by atomic mass is 16.5. The molecule has 2 amide bonds. The number of carbonyl (C=O) groups excluding carboxylic acids is 2. The van der Waals surface area contributed by atoms with Crippen molar-refractivity contribution < 1.29 is 19.4 Å². The van der Waals surface area contributed by atoms with Crippen molar-refractivity contribution >= 4 is 23.0 Å². The molecule has 31 heavy (non-hydrogen) atoms. The molecule has 0 spiro atoms. The fourth-order valence-corrected chi connectivity index (χ4v) is 4.47. The molecule has 2 fully saturated rings. The van der Waals surface area contributed by atoms with Crippen LogP contribution in [0.25, 0.3) is 11.2 Å². The maximum Gasteiger partial charge on any atom is 0.255 e. The summed E-state index contributed by atoms with van der Waals surface area (Å²) in [5.41, 5.74) is 0.454. The van der Waals surface area contributed by atoms with E-state index in [1.165, 1.54) is 12.3 Å². The monoisotopic (exact) mass is 427 g/mol. The average Bonchev–Trinajstić information content (AvgIpc) is 3.35. The van der Waals surface area contributed by atoms with E-state index in [4.69, 9.17) is 4.74 Å². The summed E-state index contributed by atoms with van der Waals surface area (Å²) in [5, 5.41) is 13.5. The number of hydrogen-bond donors (Lipinski definition) is 3. The lowest BCUT2D eigenvalue weighted by atomic mass is 10.0. The van der Waals surface area contributed by atoms with Crippen LogP contribution >= 0.6 is 0 Å². The normalized spacial score (nSPS) is 24.3. The Morgan fingerprint density at radius 1 is 1.42 bits per heavy atom. The second-order valence-corrected chi connectivity index (χ2v) is 8.71. The first-order chi connectivity index (χ1) is 14.9. The van der Waals surface area contributed by atoms with Gasteiger partial charge in [-0.3, -0.25) is 9.59 Å². The number of carbonyl (C=O) groups is 2. The Hall–Kier alpha value is -2.94. The average molecular weight is 428 g/mol. The quantitative estimate of drug-likeness (QED) is 0.605. The number of nitrogens with zero attached hydrogens (tertiary/aromatic N) is 3. The Kier molecular flexibility index (Phi) is 5.95. The zero-order chi connectivity index (χ0) is 22.0. The fourth-order valence-electron chi connectivity index (χ4n) is 4.47. The summed E-state index contributed by atoms with van der Waals surface area (Å²) in [6.07, 6.45) is 8.09. The number of ether oxygens (including phenoxy) is 1. The largest absolute Gasteiger partial charge is 0.473 e. The summed E-state index contributed by atoms with van der Waals surface area (Å²) >= 11 is 0. The standard InChI is InChI=1S/C22H29N5O4/c1-3-18(28)27-8-5-15(6-9-27)31-17-12-24-20-19(26-17)16(11-23-20)21(29)25-13-22(30)7-4-14(2)10-22/h3,11-12,14-15,30H,1,4-10,13H2,2H3,(H,23,24)(H,25,29)/t14-,22-/m1/s1. The third-order valence-corrected chi connectivity index (χ3v) is 6.23. The van der Waals surface area contributed by atoms with Crippen LogP contribution in [0.15, 0.2) is 25.0 Å². The van der Waals surface area contributed by atoms with Crippen LogP contribution in [-0.2, 0) is 4.79 Å². The molecule has 2 atom stereocenters. The van der Waals surface area contributed by atoms with Crippen molar-refractivity contribution in [2.45, 2.75) is 50.7 Å². The molecule has 2 aliphatic rings. The molecule has 2 aromatic rings. The van der Waals surface area contributed by atoms with Gasteiger partial charge < -0.3 is 25.0 Å². The van der Waals surface area contributed by atoms with Crippen LogP contribution < -0.4 is 10.1 Å². The number of rotatable bonds is 6. The van der Waals surface area contributed by atoms with E-state index in [-0.39, 0.29) is 24.5 Å². The molecule has 0 unspecified atom stereocenters. The van der Waals surface area contributed by atoms with Gasteiger partial charge in [-0.15, -0.1) is 0 Å². The van der Waals surface area contributed by atoms with E-state index in [0.717, 1.165) is 6.42 Å². The number of amides is 2. The Labute approximate surface area is 180 Å². The maximum absolute atomic E-state index is 12.7. The Balaban J connectivity index is 1.40. The minimum atomic E-state index is -0.844. The number of likely N-dealkylation sites (tertiary alicyclic amines) is 1. The van der Waals surface area contributed by atoms with Crippen LogP contribution in [0, 0.1) is 5.92 Å². The number of aliphatic hydroxyl groups is 1. The Bertz CT molecular complexity index is 981. The molecule has 1 aliphatic carbocycles. The van der Waals surface area contributed by atoms with Crippen LogP contribution in [0.4, 0.5) is 0 Å². The van der Waals surface area contributed by atoms with Crippen molar-refractivity contribution in [2.75, 3.05) is 19.6 Å². The second-order valence-electron chi connectivity index (χ2n) is 8.71. The zero-order valence-corrected chi connectivity index (χ0v) is 17.8. The van der Waals surface area contributed by atoms with Gasteiger partial charge in [-0.1, -0.05) is 13.5 Å². The number of piperidine rings is 1. The SMILES string of the molecule is C=CC(=O)N1CCC(Oc2cnc3[nH]cc(C(=O)NC[C@@]4(O)CC[C@@H](C)C4)c3n2)CC1. The lowest BCUT2D eigenvalue weighted by Crippen LogP contribution is -2.41. The minimum Gasteiger partial charge on any atom is -0.473 e. The second kappa shape index (κ2) is 8.66. The number of fused-ring (bicyclic) bond motifs is 1. The van der Waals surface area contributed by atoms with Crippen molar-refractivity contribution in [2.24, 2.45) is 5.92 Å². The Morgan fingerprint density at radius 3 is 2.87 bits per heavy atom. The molecule has 0 aromatic carbocycles. The number of aromatic amines is 1. The van der Waals surface area contributed by atoms with Crippen LogP contribution in [0.5, 0.6) is 5.88 Å². The van der Waals surface area contributed by atoms with Gasteiger partial charge in [0.15, 0.2) is 5.65 Å². The molecule has 3 N–H and O–H groups in total. The third-order valence-electron chi connectivity index (χ3n) is 6.23. The van der Waals surface area contributed by atoms with Gasteiger partial charge in [-0.25, -0.2) is 9.97 Å². The molecular weight excluding hydrogens is 398 g/mol. The van der Waals surface area contributed by atoms with Gasteiger partial charge in [0.05, 0.1) is 17.4 Å². The van der Waals surface area contributed by atoms with Gasteiger partial charge in [0.25, 0.3) is 5.91 Å². The predicted molar refractivity (Wildman–Crippen MR) is 115 cm³/mol. The van der Waals surface area contributed by atoms with Crippen LogP contribution in [-0.4, -0.2) is 68.1 Å². The van der Waals surface area contributed by atoms with Crippen molar-refractivity contribution in [1.29, 1.82) is 0 Å². The minimum absolute atomic E-state index is 0.0700. The highest BCUT2D eigenvalue weighted by Crippen LogP contribution is 2.33. The summed E-state index contributed by atoms with van der Waals surface area (Å²) in [5.74, 6) is 0.432. The van der Waals surface area contributed by atoms with Gasteiger partial charge >= 0.3 is 0 Å². The van der Waals surface area contributed by atoms with Crippen molar-refractivity contribution in [3.05, 3.63) is 30.6 Å². The molecule has 1 saturated carbocycles. The first-order valence-electron chi connectivity index (χ1n) is 10.8. The number of H-pyrrole nitrogens is 1. The van der Waals surface area contributed by atoms with E-state index in [1.54, 1.807) is 11.1 Å². The molecule has 3 heterocycles. The molecule has 0 radical (unpaired) electrons. The molecule has 9 nitrogen and oxygen atoms in total. The van der Waals surface area contributed by atoms with E-state index < -0.39 is 5.60 Å². The van der Waals surface area contributed by atoms with Crippen molar-refractivity contribution in [3.63, 3.8) is 0 Å². The van der Waals surface area contributed by atoms with E-state index in [2.05, 4.69) is 33.8 Å². The molecule has 1 saturated heterocycles. The summed E-state index contributed by atoms with van der Waals surface area (Å²) in [4.78, 5) is 38.0. The zero-order valence-electron chi connectivity index (χ0n) is 17.8. The number of nitrogens with one attached hydrogen (secondary N) is 2. The first-order valence-corrected chi connectivity index (χ1v) is 10.8. The smallest absolute Gasteiger partial charge is 0.255 e. The van der Waals surface area contributed by atoms with E-state index in [1.807, 2.05) is 0 Å². The molecular formula is C22H29N5O4. The highest BCUT2D eigenvalue weighted by Gasteiger charge is 2.35. The van der Waals surface area contributed by atoms with Crippen LogP contribution in [0.1, 0.15) is 49.4 Å². The van der Waals surface area contributed by atoms with E-state index >= 15 is 0 Å². The number of aromatic nitrogens is 3. The Morgan fingerprint density at radius 2 is 2.19 bits per heavy atom. The van der Waals surface area contributed by atoms with Gasteiger partial charge in [-0.2, -0.15) is 0 Å². The summed E-state index contributed by atoms with van der Waals surface area (Å²) in [7, 11) is 0. The van der Waals surface area contributed by atoms with Crippen LogP contribution in [0.2, 0.25) is 0 Å². The van der Waals surface area contributed by atoms with E-state index in [9.17, 15) is 14.7 Å². The summed E-state index contributed by atoms with van der Waals surface area (Å²) in [6.45, 7) is 7.05. The summed E-state index contributed by atoms with van der Waals surface area (Å²) < 4.78 is 5.98. The maximum atomic E-state index is 12.7. The highest BCUT2D eigenvalue weighted by molar-refractivity contribution is 6.04. The van der Waals surface area contributed by atoms with Gasteiger partial charge in [0.1, 0.15) is 11.6 Å². The third kappa shape index (κ3) is 4.71. The lowest BCUT2D eigenvalue weighted by Gasteiger charge is -2.31. The predicted octanol–water partition coefficient (Wildman–Crippen LogP) is 1.79. The van der Waals surface area contributed by atoms with Crippen LogP contribution in [0.3, 0.4) is 0 Å². The molecule has 9 heteroatoms. The topological polar surface area (TPSA) is 120 Å².